The van der Waals surface area contributed by atoms with E-state index in [0.717, 1.165) is 0 Å². The van der Waals surface area contributed by atoms with Crippen molar-refractivity contribution in [3.8, 4) is 23.0 Å². The second-order valence-corrected chi connectivity index (χ2v) is 5.72. The molecule has 148 valence electrons. The topological polar surface area (TPSA) is 92.3 Å². The molecule has 0 aromatic heterocycles. The summed E-state index contributed by atoms with van der Waals surface area (Å²) < 4.78 is 26.4. The predicted molar refractivity (Wildman–Crippen MR) is 100 cm³/mol. The maximum absolute atomic E-state index is 12.2. The van der Waals surface area contributed by atoms with Gasteiger partial charge in [-0.3, -0.25) is 4.79 Å². The van der Waals surface area contributed by atoms with Crippen LogP contribution in [0.2, 0.25) is 0 Å². The molecule has 1 heterocycles. The van der Waals surface area contributed by atoms with Crippen LogP contribution >= 0.6 is 0 Å². The van der Waals surface area contributed by atoms with Gasteiger partial charge in [-0.2, -0.15) is 0 Å². The van der Waals surface area contributed by atoms with Gasteiger partial charge in [0.05, 0.1) is 24.5 Å². The molecule has 3 rings (SSSR count). The van der Waals surface area contributed by atoms with Gasteiger partial charge in [-0.05, 0) is 44.2 Å². The largest absolute Gasteiger partial charge is 0.494 e. The fourth-order valence-corrected chi connectivity index (χ4v) is 2.57. The number of amides is 1. The molecular formula is C20H21NO7. The molecule has 0 fully saturated rings. The summed E-state index contributed by atoms with van der Waals surface area (Å²) in [6.45, 7) is 4.31. The van der Waals surface area contributed by atoms with E-state index in [-0.39, 0.29) is 12.4 Å². The van der Waals surface area contributed by atoms with E-state index in [1.807, 2.05) is 13.8 Å². The normalized spacial score (nSPS) is 11.6. The van der Waals surface area contributed by atoms with Crippen LogP contribution in [-0.2, 0) is 9.53 Å². The number of carbonyl (C=O) groups is 2. The lowest BCUT2D eigenvalue weighted by atomic mass is 10.2. The SMILES string of the molecule is CCOc1ccc(OCC)c(NC(=O)COC(=O)c2ccc3c(c2)OCO3)c1. The van der Waals surface area contributed by atoms with Gasteiger partial charge >= 0.3 is 5.97 Å². The Bertz CT molecular complexity index is 866. The van der Waals surface area contributed by atoms with Crippen LogP contribution in [-0.4, -0.2) is 38.5 Å². The first-order valence-corrected chi connectivity index (χ1v) is 8.87. The minimum absolute atomic E-state index is 0.110. The summed E-state index contributed by atoms with van der Waals surface area (Å²) in [5, 5.41) is 2.68. The molecule has 1 aliphatic heterocycles. The summed E-state index contributed by atoms with van der Waals surface area (Å²) in [5.74, 6) is 0.991. The maximum atomic E-state index is 12.2. The zero-order valence-electron chi connectivity index (χ0n) is 15.7. The van der Waals surface area contributed by atoms with Gasteiger partial charge in [-0.25, -0.2) is 4.79 Å². The molecule has 8 heteroatoms. The molecule has 0 bridgehead atoms. The highest BCUT2D eigenvalue weighted by Gasteiger charge is 2.18. The van der Waals surface area contributed by atoms with Gasteiger partial charge in [0.15, 0.2) is 18.1 Å². The summed E-state index contributed by atoms with van der Waals surface area (Å²) in [5.41, 5.74) is 0.710. The van der Waals surface area contributed by atoms with Crippen LogP contribution in [0.3, 0.4) is 0 Å². The Labute approximate surface area is 162 Å². The predicted octanol–water partition coefficient (Wildman–Crippen LogP) is 3.01. The lowest BCUT2D eigenvalue weighted by molar-refractivity contribution is -0.119. The number of esters is 1. The highest BCUT2D eigenvalue weighted by Crippen LogP contribution is 2.33. The molecule has 1 amide bonds. The Kier molecular flexibility index (Phi) is 6.21. The van der Waals surface area contributed by atoms with Gasteiger partial charge in [-0.1, -0.05) is 0 Å². The first-order chi connectivity index (χ1) is 13.6. The number of ether oxygens (including phenoxy) is 5. The molecule has 0 unspecified atom stereocenters. The number of fused-ring (bicyclic) bond motifs is 1. The number of hydrogen-bond donors (Lipinski definition) is 1. The van der Waals surface area contributed by atoms with Crippen LogP contribution in [0.5, 0.6) is 23.0 Å². The Balaban J connectivity index is 1.60. The number of rotatable bonds is 8. The van der Waals surface area contributed by atoms with Crippen LogP contribution < -0.4 is 24.3 Å². The van der Waals surface area contributed by atoms with Crippen molar-refractivity contribution in [1.29, 1.82) is 0 Å². The third-order valence-electron chi connectivity index (χ3n) is 3.78. The van der Waals surface area contributed by atoms with Gasteiger partial charge in [0.25, 0.3) is 5.91 Å². The quantitative estimate of drug-likeness (QED) is 0.696. The van der Waals surface area contributed by atoms with Gasteiger partial charge in [0, 0.05) is 6.07 Å². The van der Waals surface area contributed by atoms with Crippen molar-refractivity contribution < 1.29 is 33.3 Å². The number of nitrogens with one attached hydrogen (secondary N) is 1. The minimum atomic E-state index is -0.637. The Morgan fingerprint density at radius 2 is 1.79 bits per heavy atom. The zero-order valence-corrected chi connectivity index (χ0v) is 15.7. The second kappa shape index (κ2) is 8.98. The van der Waals surface area contributed by atoms with E-state index in [0.29, 0.717) is 41.9 Å². The van der Waals surface area contributed by atoms with E-state index in [2.05, 4.69) is 5.32 Å². The summed E-state index contributed by atoms with van der Waals surface area (Å²) in [4.78, 5) is 24.4. The third-order valence-corrected chi connectivity index (χ3v) is 3.78. The molecule has 0 saturated carbocycles. The number of anilines is 1. The average molecular weight is 387 g/mol. The number of hydrogen-bond acceptors (Lipinski definition) is 7. The summed E-state index contributed by atoms with van der Waals surface area (Å²) in [6.07, 6.45) is 0. The highest BCUT2D eigenvalue weighted by atomic mass is 16.7. The summed E-state index contributed by atoms with van der Waals surface area (Å²) in [7, 11) is 0. The smallest absolute Gasteiger partial charge is 0.338 e. The van der Waals surface area contributed by atoms with Crippen molar-refractivity contribution >= 4 is 17.6 Å². The van der Waals surface area contributed by atoms with E-state index in [4.69, 9.17) is 23.7 Å². The molecule has 1 aliphatic rings. The zero-order chi connectivity index (χ0) is 19.9. The molecule has 0 atom stereocenters. The molecule has 0 radical (unpaired) electrons. The van der Waals surface area contributed by atoms with E-state index >= 15 is 0 Å². The maximum Gasteiger partial charge on any atom is 0.338 e. The summed E-state index contributed by atoms with van der Waals surface area (Å²) >= 11 is 0. The van der Waals surface area contributed by atoms with E-state index < -0.39 is 18.5 Å². The monoisotopic (exact) mass is 387 g/mol. The van der Waals surface area contributed by atoms with Gasteiger partial charge in [0.1, 0.15) is 11.5 Å². The first-order valence-electron chi connectivity index (χ1n) is 8.87. The van der Waals surface area contributed by atoms with Crippen molar-refractivity contribution in [3.05, 3.63) is 42.0 Å². The van der Waals surface area contributed by atoms with Crippen LogP contribution in [0, 0.1) is 0 Å². The number of benzene rings is 2. The van der Waals surface area contributed by atoms with E-state index in [1.165, 1.54) is 6.07 Å². The molecule has 2 aromatic rings. The summed E-state index contributed by atoms with van der Waals surface area (Å²) in [6, 6.07) is 9.80. The second-order valence-electron chi connectivity index (χ2n) is 5.72. The lowest BCUT2D eigenvalue weighted by Crippen LogP contribution is -2.21. The van der Waals surface area contributed by atoms with Gasteiger partial charge in [0.2, 0.25) is 6.79 Å². The fourth-order valence-electron chi connectivity index (χ4n) is 2.57. The standard InChI is InChI=1S/C20H21NO7/c1-3-24-14-6-8-16(25-4-2)15(10-14)21-19(22)11-26-20(23)13-5-7-17-18(9-13)28-12-27-17/h5-10H,3-4,11-12H2,1-2H3,(H,21,22). The van der Waals surface area contributed by atoms with Crippen LogP contribution in [0.25, 0.3) is 0 Å². The molecule has 28 heavy (non-hydrogen) atoms. The Morgan fingerprint density at radius 3 is 2.57 bits per heavy atom. The fraction of sp³-hybridized carbons (Fsp3) is 0.300. The van der Waals surface area contributed by atoms with Crippen molar-refractivity contribution in [2.24, 2.45) is 0 Å². The van der Waals surface area contributed by atoms with Crippen LogP contribution in [0.4, 0.5) is 5.69 Å². The molecule has 2 aromatic carbocycles. The highest BCUT2D eigenvalue weighted by molar-refractivity contribution is 5.96. The van der Waals surface area contributed by atoms with Crippen molar-refractivity contribution in [2.45, 2.75) is 13.8 Å². The molecule has 1 N–H and O–H groups in total. The van der Waals surface area contributed by atoms with E-state index in [1.54, 1.807) is 30.3 Å². The van der Waals surface area contributed by atoms with Gasteiger partial charge < -0.3 is 29.0 Å². The minimum Gasteiger partial charge on any atom is -0.494 e. The van der Waals surface area contributed by atoms with Crippen LogP contribution in [0.15, 0.2) is 36.4 Å². The van der Waals surface area contributed by atoms with Gasteiger partial charge in [-0.15, -0.1) is 0 Å². The van der Waals surface area contributed by atoms with Crippen molar-refractivity contribution in [3.63, 3.8) is 0 Å². The van der Waals surface area contributed by atoms with Crippen molar-refractivity contribution in [2.75, 3.05) is 31.9 Å². The molecule has 8 nitrogen and oxygen atoms in total. The van der Waals surface area contributed by atoms with Crippen molar-refractivity contribution in [1.82, 2.24) is 0 Å². The molecule has 0 aliphatic carbocycles. The van der Waals surface area contributed by atoms with E-state index in [9.17, 15) is 9.59 Å². The lowest BCUT2D eigenvalue weighted by Gasteiger charge is -2.13. The Morgan fingerprint density at radius 1 is 1.00 bits per heavy atom. The first kappa shape index (κ1) is 19.3. The molecule has 0 spiro atoms. The molecule has 0 saturated heterocycles. The Hall–Kier alpha value is -3.42. The number of carbonyl (C=O) groups excluding carboxylic acids is 2. The average Bonchev–Trinajstić information content (AvgIpc) is 3.16. The van der Waals surface area contributed by atoms with Crippen LogP contribution in [0.1, 0.15) is 24.2 Å². The molecular weight excluding hydrogens is 366 g/mol. The third kappa shape index (κ3) is 4.64.